The average Bonchev–Trinajstić information content (AvgIpc) is 2.73. The summed E-state index contributed by atoms with van der Waals surface area (Å²) in [6.45, 7) is 9.08. The average molecular weight is 296 g/mol. The van der Waals surface area contributed by atoms with Crippen molar-refractivity contribution in [2.45, 2.75) is 19.4 Å². The zero-order valence-corrected chi connectivity index (χ0v) is 13.4. The van der Waals surface area contributed by atoms with E-state index in [0.29, 0.717) is 6.04 Å². The summed E-state index contributed by atoms with van der Waals surface area (Å²) in [5.74, 6) is 0. The first-order valence-corrected chi connectivity index (χ1v) is 7.94. The van der Waals surface area contributed by atoms with Crippen LogP contribution in [0.2, 0.25) is 5.02 Å². The van der Waals surface area contributed by atoms with Crippen LogP contribution in [0.1, 0.15) is 24.9 Å². The van der Waals surface area contributed by atoms with Gasteiger partial charge in [0, 0.05) is 37.2 Å². The molecule has 1 aromatic rings. The zero-order valence-electron chi connectivity index (χ0n) is 12.6. The molecule has 1 atom stereocenters. The lowest BCUT2D eigenvalue weighted by molar-refractivity contribution is 0.203. The molecule has 20 heavy (non-hydrogen) atoms. The van der Waals surface area contributed by atoms with Crippen LogP contribution in [0, 0.1) is 0 Å². The minimum Gasteiger partial charge on any atom is -0.315 e. The molecule has 1 fully saturated rings. The van der Waals surface area contributed by atoms with Crippen LogP contribution in [0.3, 0.4) is 0 Å². The molecule has 1 aliphatic heterocycles. The number of nitrogens with one attached hydrogen (secondary N) is 1. The Kier molecular flexibility index (Phi) is 6.30. The Bertz CT molecular complexity index is 402. The van der Waals surface area contributed by atoms with Gasteiger partial charge in [-0.05, 0) is 45.1 Å². The lowest BCUT2D eigenvalue weighted by Crippen LogP contribution is -2.36. The number of hydrogen-bond acceptors (Lipinski definition) is 3. The van der Waals surface area contributed by atoms with E-state index in [9.17, 15) is 0 Å². The van der Waals surface area contributed by atoms with Crippen LogP contribution in [-0.4, -0.2) is 56.1 Å². The molecule has 2 rings (SSSR count). The SMILES string of the molecule is CC(c1ccccc1Cl)N(C)CCN1CCCNCC1. The van der Waals surface area contributed by atoms with E-state index in [-0.39, 0.29) is 0 Å². The number of likely N-dealkylation sites (N-methyl/N-ethyl adjacent to an activating group) is 1. The fraction of sp³-hybridized carbons (Fsp3) is 0.625. The molecule has 1 aromatic carbocycles. The largest absolute Gasteiger partial charge is 0.315 e. The van der Waals surface area contributed by atoms with Crippen molar-refractivity contribution in [3.05, 3.63) is 34.9 Å². The highest BCUT2D eigenvalue weighted by atomic mass is 35.5. The van der Waals surface area contributed by atoms with E-state index in [1.807, 2.05) is 12.1 Å². The van der Waals surface area contributed by atoms with Crippen LogP contribution in [0.5, 0.6) is 0 Å². The van der Waals surface area contributed by atoms with Gasteiger partial charge in [-0.2, -0.15) is 0 Å². The summed E-state index contributed by atoms with van der Waals surface area (Å²) in [4.78, 5) is 4.94. The number of hydrogen-bond donors (Lipinski definition) is 1. The number of rotatable bonds is 5. The molecule has 0 aromatic heterocycles. The molecule has 1 saturated heterocycles. The summed E-state index contributed by atoms with van der Waals surface area (Å²) in [7, 11) is 2.18. The Morgan fingerprint density at radius 2 is 2.10 bits per heavy atom. The van der Waals surface area contributed by atoms with E-state index in [0.717, 1.165) is 37.7 Å². The highest BCUT2D eigenvalue weighted by Crippen LogP contribution is 2.25. The standard InChI is InChI=1S/C16H26ClN3/c1-14(15-6-3-4-7-16(15)17)19(2)12-13-20-10-5-8-18-9-11-20/h3-4,6-7,14,18H,5,8-13H2,1-2H3. The van der Waals surface area contributed by atoms with E-state index < -0.39 is 0 Å². The fourth-order valence-corrected chi connectivity index (χ4v) is 2.96. The fourth-order valence-electron chi connectivity index (χ4n) is 2.67. The summed E-state index contributed by atoms with van der Waals surface area (Å²) >= 11 is 6.29. The predicted molar refractivity (Wildman–Crippen MR) is 86.4 cm³/mol. The first-order chi connectivity index (χ1) is 9.68. The van der Waals surface area contributed by atoms with Crippen LogP contribution in [0.4, 0.5) is 0 Å². The second kappa shape index (κ2) is 7.99. The molecule has 3 nitrogen and oxygen atoms in total. The first kappa shape index (κ1) is 15.8. The molecule has 1 aliphatic rings. The summed E-state index contributed by atoms with van der Waals surface area (Å²) < 4.78 is 0. The van der Waals surface area contributed by atoms with Gasteiger partial charge >= 0.3 is 0 Å². The normalized spacial score (nSPS) is 19.0. The summed E-state index contributed by atoms with van der Waals surface area (Å²) in [5, 5.41) is 4.31. The molecule has 1 N–H and O–H groups in total. The highest BCUT2D eigenvalue weighted by molar-refractivity contribution is 6.31. The topological polar surface area (TPSA) is 18.5 Å². The number of benzene rings is 1. The van der Waals surface area contributed by atoms with Crippen LogP contribution in [-0.2, 0) is 0 Å². The van der Waals surface area contributed by atoms with Crippen LogP contribution >= 0.6 is 11.6 Å². The van der Waals surface area contributed by atoms with Gasteiger partial charge in [0.1, 0.15) is 0 Å². The first-order valence-electron chi connectivity index (χ1n) is 7.56. The van der Waals surface area contributed by atoms with Crippen LogP contribution in [0.25, 0.3) is 0 Å². The quantitative estimate of drug-likeness (QED) is 0.901. The Hall–Kier alpha value is -0.610. The van der Waals surface area contributed by atoms with Crippen molar-refractivity contribution in [3.63, 3.8) is 0 Å². The molecular weight excluding hydrogens is 270 g/mol. The van der Waals surface area contributed by atoms with Crippen molar-refractivity contribution in [2.24, 2.45) is 0 Å². The van der Waals surface area contributed by atoms with Gasteiger partial charge in [0.15, 0.2) is 0 Å². The molecule has 4 heteroatoms. The molecule has 0 amide bonds. The molecule has 0 bridgehead atoms. The minimum atomic E-state index is 0.355. The third kappa shape index (κ3) is 4.45. The predicted octanol–water partition coefficient (Wildman–Crippen LogP) is 2.63. The molecule has 0 radical (unpaired) electrons. The van der Waals surface area contributed by atoms with Gasteiger partial charge in [-0.25, -0.2) is 0 Å². The monoisotopic (exact) mass is 295 g/mol. The van der Waals surface area contributed by atoms with Crippen molar-refractivity contribution in [1.82, 2.24) is 15.1 Å². The van der Waals surface area contributed by atoms with Crippen molar-refractivity contribution in [2.75, 3.05) is 46.3 Å². The number of nitrogens with zero attached hydrogens (tertiary/aromatic N) is 2. The lowest BCUT2D eigenvalue weighted by Gasteiger charge is -2.29. The summed E-state index contributed by atoms with van der Waals surface area (Å²) in [6, 6.07) is 8.50. The molecule has 0 spiro atoms. The van der Waals surface area contributed by atoms with Crippen molar-refractivity contribution in [3.8, 4) is 0 Å². The van der Waals surface area contributed by atoms with Gasteiger partial charge in [-0.1, -0.05) is 29.8 Å². The van der Waals surface area contributed by atoms with Gasteiger partial charge in [-0.3, -0.25) is 4.90 Å². The molecule has 0 aliphatic carbocycles. The third-order valence-electron chi connectivity index (χ3n) is 4.22. The van der Waals surface area contributed by atoms with E-state index in [2.05, 4.69) is 41.2 Å². The Morgan fingerprint density at radius 3 is 2.90 bits per heavy atom. The van der Waals surface area contributed by atoms with Crippen molar-refractivity contribution < 1.29 is 0 Å². The molecule has 0 saturated carbocycles. The van der Waals surface area contributed by atoms with Gasteiger partial charge < -0.3 is 10.2 Å². The maximum atomic E-state index is 6.29. The zero-order chi connectivity index (χ0) is 14.4. The van der Waals surface area contributed by atoms with Gasteiger partial charge in [0.2, 0.25) is 0 Å². The molecular formula is C16H26ClN3. The number of halogens is 1. The molecule has 1 unspecified atom stereocenters. The van der Waals surface area contributed by atoms with Gasteiger partial charge in [0.05, 0.1) is 0 Å². The lowest BCUT2D eigenvalue weighted by atomic mass is 10.1. The van der Waals surface area contributed by atoms with Crippen molar-refractivity contribution >= 4 is 11.6 Å². The van der Waals surface area contributed by atoms with Gasteiger partial charge in [-0.15, -0.1) is 0 Å². The third-order valence-corrected chi connectivity index (χ3v) is 4.56. The Labute approximate surface area is 127 Å². The second-order valence-electron chi connectivity index (χ2n) is 5.62. The maximum absolute atomic E-state index is 6.29. The minimum absolute atomic E-state index is 0.355. The van der Waals surface area contributed by atoms with E-state index in [1.165, 1.54) is 18.5 Å². The molecule has 1 heterocycles. The van der Waals surface area contributed by atoms with E-state index in [4.69, 9.17) is 11.6 Å². The Balaban J connectivity index is 1.84. The van der Waals surface area contributed by atoms with Crippen molar-refractivity contribution in [1.29, 1.82) is 0 Å². The Morgan fingerprint density at radius 1 is 1.30 bits per heavy atom. The molecule has 112 valence electrons. The highest BCUT2D eigenvalue weighted by Gasteiger charge is 2.15. The van der Waals surface area contributed by atoms with Crippen LogP contribution in [0.15, 0.2) is 24.3 Å². The summed E-state index contributed by atoms with van der Waals surface area (Å²) in [5.41, 5.74) is 1.22. The van der Waals surface area contributed by atoms with E-state index in [1.54, 1.807) is 0 Å². The van der Waals surface area contributed by atoms with Gasteiger partial charge in [0.25, 0.3) is 0 Å². The second-order valence-corrected chi connectivity index (χ2v) is 6.03. The van der Waals surface area contributed by atoms with Crippen LogP contribution < -0.4 is 5.32 Å². The van der Waals surface area contributed by atoms with E-state index >= 15 is 0 Å². The maximum Gasteiger partial charge on any atom is 0.0453 e. The smallest absolute Gasteiger partial charge is 0.0453 e. The summed E-state index contributed by atoms with van der Waals surface area (Å²) in [6.07, 6.45) is 1.25.